The molecule has 12 heavy (non-hydrogen) atoms. The lowest BCUT2D eigenvalue weighted by Crippen LogP contribution is -1.99. The highest BCUT2D eigenvalue weighted by molar-refractivity contribution is 5.32. The number of allylic oxidation sites excluding steroid dienone is 4. The van der Waals surface area contributed by atoms with Crippen molar-refractivity contribution >= 4 is 0 Å². The van der Waals surface area contributed by atoms with Crippen LogP contribution in [0.15, 0.2) is 35.6 Å². The lowest BCUT2D eigenvalue weighted by molar-refractivity contribution is 1.08. The minimum absolute atomic E-state index is 0.812. The molecule has 0 amide bonds. The first kappa shape index (κ1) is 11.0. The van der Waals surface area contributed by atoms with E-state index < -0.39 is 0 Å². The van der Waals surface area contributed by atoms with Gasteiger partial charge in [0.15, 0.2) is 0 Å². The fraction of sp³-hybridized carbons (Fsp3) is 0.455. The van der Waals surface area contributed by atoms with Crippen molar-refractivity contribution < 1.29 is 0 Å². The van der Waals surface area contributed by atoms with Gasteiger partial charge in [-0.25, -0.2) is 0 Å². The van der Waals surface area contributed by atoms with Crippen molar-refractivity contribution in [3.05, 3.63) is 35.6 Å². The van der Waals surface area contributed by atoms with Crippen LogP contribution in [0.25, 0.3) is 0 Å². The van der Waals surface area contributed by atoms with Crippen molar-refractivity contribution in [2.24, 2.45) is 5.73 Å². The fourth-order valence-electron chi connectivity index (χ4n) is 0.895. The van der Waals surface area contributed by atoms with Crippen molar-refractivity contribution in [1.29, 1.82) is 0 Å². The van der Waals surface area contributed by atoms with Gasteiger partial charge in [0.1, 0.15) is 0 Å². The third kappa shape index (κ3) is 3.42. The summed E-state index contributed by atoms with van der Waals surface area (Å²) in [5.74, 6) is 0. The van der Waals surface area contributed by atoms with Gasteiger partial charge in [-0.2, -0.15) is 0 Å². The Bertz CT molecular complexity index is 209. The first-order valence-electron chi connectivity index (χ1n) is 4.46. The largest absolute Gasteiger partial charge is 0.399 e. The van der Waals surface area contributed by atoms with E-state index >= 15 is 0 Å². The highest BCUT2D eigenvalue weighted by atomic mass is 14.6. The summed E-state index contributed by atoms with van der Waals surface area (Å²) >= 11 is 0. The molecule has 0 radical (unpaired) electrons. The molecule has 0 unspecified atom stereocenters. The molecule has 0 aliphatic heterocycles. The average molecular weight is 165 g/mol. The highest BCUT2D eigenvalue weighted by Gasteiger charge is 1.95. The maximum atomic E-state index is 5.80. The SMILES string of the molecule is C=C(CC)/C(N)=C\C(=C/C)CC. The predicted octanol–water partition coefficient (Wildman–Crippen LogP) is 3.15. The predicted molar refractivity (Wildman–Crippen MR) is 55.7 cm³/mol. The van der Waals surface area contributed by atoms with Gasteiger partial charge < -0.3 is 5.73 Å². The molecule has 0 spiro atoms. The summed E-state index contributed by atoms with van der Waals surface area (Å²) in [4.78, 5) is 0. The van der Waals surface area contributed by atoms with Gasteiger partial charge in [-0.15, -0.1) is 0 Å². The van der Waals surface area contributed by atoms with E-state index in [2.05, 4.69) is 26.5 Å². The van der Waals surface area contributed by atoms with Crippen LogP contribution in [0.4, 0.5) is 0 Å². The Labute approximate surface area is 75.7 Å². The Morgan fingerprint density at radius 1 is 1.33 bits per heavy atom. The van der Waals surface area contributed by atoms with Crippen LogP contribution in [0.1, 0.15) is 33.6 Å². The number of hydrogen-bond acceptors (Lipinski definition) is 1. The van der Waals surface area contributed by atoms with Crippen molar-refractivity contribution in [3.63, 3.8) is 0 Å². The van der Waals surface area contributed by atoms with Crippen LogP contribution >= 0.6 is 0 Å². The number of nitrogens with two attached hydrogens (primary N) is 1. The summed E-state index contributed by atoms with van der Waals surface area (Å²) in [5, 5.41) is 0. The fourth-order valence-corrected chi connectivity index (χ4v) is 0.895. The molecule has 0 rings (SSSR count). The molecule has 0 fully saturated rings. The Hall–Kier alpha value is -0.980. The standard InChI is InChI=1S/C11H19N/c1-5-9(4)11(12)8-10(6-2)7-3/h6,8H,4-5,7,12H2,1-3H3/b10-6-,11-8+. The van der Waals surface area contributed by atoms with Gasteiger partial charge in [0.05, 0.1) is 0 Å². The van der Waals surface area contributed by atoms with E-state index in [0.29, 0.717) is 0 Å². The second kappa shape index (κ2) is 5.64. The molecular weight excluding hydrogens is 146 g/mol. The number of hydrogen-bond donors (Lipinski definition) is 1. The van der Waals surface area contributed by atoms with Gasteiger partial charge in [0.25, 0.3) is 0 Å². The summed E-state index contributed by atoms with van der Waals surface area (Å²) in [6.07, 6.45) is 6.03. The molecule has 0 aromatic rings. The molecule has 2 N–H and O–H groups in total. The maximum Gasteiger partial charge on any atom is 0.0343 e. The smallest absolute Gasteiger partial charge is 0.0343 e. The van der Waals surface area contributed by atoms with Gasteiger partial charge in [0, 0.05) is 5.70 Å². The molecule has 0 heterocycles. The van der Waals surface area contributed by atoms with E-state index in [1.165, 1.54) is 5.57 Å². The van der Waals surface area contributed by atoms with E-state index in [0.717, 1.165) is 24.1 Å². The summed E-state index contributed by atoms with van der Waals surface area (Å²) in [5.41, 5.74) is 8.90. The van der Waals surface area contributed by atoms with Crippen LogP contribution in [-0.2, 0) is 0 Å². The monoisotopic (exact) mass is 165 g/mol. The Morgan fingerprint density at radius 2 is 1.92 bits per heavy atom. The van der Waals surface area contributed by atoms with Crippen LogP contribution in [0.2, 0.25) is 0 Å². The zero-order valence-electron chi connectivity index (χ0n) is 8.35. The first-order valence-corrected chi connectivity index (χ1v) is 4.46. The lowest BCUT2D eigenvalue weighted by atomic mass is 10.1. The Morgan fingerprint density at radius 3 is 2.25 bits per heavy atom. The van der Waals surface area contributed by atoms with Crippen LogP contribution in [-0.4, -0.2) is 0 Å². The van der Waals surface area contributed by atoms with E-state index in [-0.39, 0.29) is 0 Å². The molecule has 0 aromatic heterocycles. The molecular formula is C11H19N. The highest BCUT2D eigenvalue weighted by Crippen LogP contribution is 2.10. The molecule has 0 bridgehead atoms. The van der Waals surface area contributed by atoms with Crippen molar-refractivity contribution in [1.82, 2.24) is 0 Å². The first-order chi connectivity index (χ1) is 5.65. The average Bonchev–Trinajstić information content (AvgIpc) is 2.12. The summed E-state index contributed by atoms with van der Waals surface area (Å²) in [6, 6.07) is 0. The van der Waals surface area contributed by atoms with Crippen molar-refractivity contribution in [2.75, 3.05) is 0 Å². The summed E-state index contributed by atoms with van der Waals surface area (Å²) < 4.78 is 0. The maximum absolute atomic E-state index is 5.80. The van der Waals surface area contributed by atoms with Crippen molar-refractivity contribution in [3.8, 4) is 0 Å². The molecule has 0 aliphatic carbocycles. The summed E-state index contributed by atoms with van der Waals surface area (Å²) in [7, 11) is 0. The van der Waals surface area contributed by atoms with Crippen molar-refractivity contribution in [2.45, 2.75) is 33.6 Å². The van der Waals surface area contributed by atoms with Gasteiger partial charge in [-0.3, -0.25) is 0 Å². The molecule has 0 aromatic carbocycles. The van der Waals surface area contributed by atoms with Gasteiger partial charge in [-0.1, -0.05) is 32.1 Å². The van der Waals surface area contributed by atoms with E-state index in [4.69, 9.17) is 5.73 Å². The topological polar surface area (TPSA) is 26.0 Å². The van der Waals surface area contributed by atoms with Crippen LogP contribution in [0.3, 0.4) is 0 Å². The van der Waals surface area contributed by atoms with Crippen LogP contribution < -0.4 is 5.73 Å². The van der Waals surface area contributed by atoms with E-state index in [1.807, 2.05) is 13.0 Å². The summed E-state index contributed by atoms with van der Waals surface area (Å²) in [6.45, 7) is 10.1. The molecule has 0 saturated carbocycles. The van der Waals surface area contributed by atoms with E-state index in [9.17, 15) is 0 Å². The number of rotatable bonds is 4. The minimum atomic E-state index is 0.812. The molecule has 0 atom stereocenters. The minimum Gasteiger partial charge on any atom is -0.399 e. The normalized spacial score (nSPS) is 13.2. The third-order valence-corrected chi connectivity index (χ3v) is 1.95. The van der Waals surface area contributed by atoms with Gasteiger partial charge >= 0.3 is 0 Å². The molecule has 0 aliphatic rings. The molecule has 0 saturated heterocycles. The quantitative estimate of drug-likeness (QED) is 0.636. The van der Waals surface area contributed by atoms with Crippen LogP contribution in [0.5, 0.6) is 0 Å². The second-order valence-corrected chi connectivity index (χ2v) is 2.77. The van der Waals surface area contributed by atoms with E-state index in [1.54, 1.807) is 0 Å². The molecule has 68 valence electrons. The van der Waals surface area contributed by atoms with Gasteiger partial charge in [-0.05, 0) is 31.4 Å². The lowest BCUT2D eigenvalue weighted by Gasteiger charge is -2.03. The third-order valence-electron chi connectivity index (χ3n) is 1.95. The van der Waals surface area contributed by atoms with Crippen LogP contribution in [0, 0.1) is 0 Å². The Balaban J connectivity index is 4.44. The zero-order valence-corrected chi connectivity index (χ0v) is 8.35. The Kier molecular flexibility index (Phi) is 5.18. The van der Waals surface area contributed by atoms with Gasteiger partial charge in [0.2, 0.25) is 0 Å². The zero-order chi connectivity index (χ0) is 9.56. The molecule has 1 heteroatoms. The second-order valence-electron chi connectivity index (χ2n) is 2.77. The molecule has 1 nitrogen and oxygen atoms in total.